The molecule has 6 heteroatoms. The highest BCUT2D eigenvalue weighted by Gasteiger charge is 2.23. The molecule has 0 saturated heterocycles. The number of carbonyl (C=O) groups is 3. The summed E-state index contributed by atoms with van der Waals surface area (Å²) in [7, 11) is 1.24. The molecule has 0 aliphatic rings. The van der Waals surface area contributed by atoms with E-state index in [0.717, 1.165) is 5.39 Å². The Labute approximate surface area is 133 Å². The van der Waals surface area contributed by atoms with Gasteiger partial charge in [0.05, 0.1) is 18.2 Å². The third kappa shape index (κ3) is 4.12. The first-order chi connectivity index (χ1) is 11.0. The number of fused-ring (bicyclic) bond motifs is 1. The van der Waals surface area contributed by atoms with Crippen LogP contribution in [0.2, 0.25) is 0 Å². The maximum absolute atomic E-state index is 12.5. The predicted molar refractivity (Wildman–Crippen MR) is 84.9 cm³/mol. The Kier molecular flexibility index (Phi) is 5.41. The number of amides is 1. The minimum absolute atomic E-state index is 0.0556. The van der Waals surface area contributed by atoms with Gasteiger partial charge in [-0.3, -0.25) is 9.78 Å². The number of rotatable bonds is 6. The summed E-state index contributed by atoms with van der Waals surface area (Å²) in [4.78, 5) is 39.6. The van der Waals surface area contributed by atoms with Crippen molar-refractivity contribution in [3.05, 3.63) is 42.1 Å². The van der Waals surface area contributed by atoms with E-state index >= 15 is 0 Å². The molecule has 23 heavy (non-hydrogen) atoms. The summed E-state index contributed by atoms with van der Waals surface area (Å²) in [5, 5.41) is 3.46. The van der Waals surface area contributed by atoms with Crippen molar-refractivity contribution >= 4 is 28.6 Å². The number of aromatic nitrogens is 1. The van der Waals surface area contributed by atoms with Crippen LogP contribution in [0, 0.1) is 0 Å². The number of Topliss-reactive ketones (excluding diaryl/α,β-unsaturated/α-hetero) is 1. The third-order valence-corrected chi connectivity index (χ3v) is 3.45. The number of methoxy groups -OCH3 is 1. The molecular weight excluding hydrogens is 296 g/mol. The summed E-state index contributed by atoms with van der Waals surface area (Å²) in [6, 6.07) is 8.02. The van der Waals surface area contributed by atoms with Gasteiger partial charge in [0, 0.05) is 18.0 Å². The molecule has 6 nitrogen and oxygen atoms in total. The smallest absolute Gasteiger partial charge is 0.328 e. The van der Waals surface area contributed by atoms with Crippen LogP contribution in [0.5, 0.6) is 0 Å². The number of carbonyl (C=O) groups excluding carboxylic acids is 3. The van der Waals surface area contributed by atoms with Crippen LogP contribution in [-0.2, 0) is 14.3 Å². The topological polar surface area (TPSA) is 85.4 Å². The average molecular weight is 314 g/mol. The fourth-order valence-corrected chi connectivity index (χ4v) is 2.26. The zero-order valence-electron chi connectivity index (χ0n) is 13.0. The number of hydrogen-bond donors (Lipinski definition) is 1. The van der Waals surface area contributed by atoms with Crippen LogP contribution < -0.4 is 5.32 Å². The van der Waals surface area contributed by atoms with E-state index in [4.69, 9.17) is 0 Å². The molecule has 0 radical (unpaired) electrons. The highest BCUT2D eigenvalue weighted by Crippen LogP contribution is 2.16. The van der Waals surface area contributed by atoms with Crippen molar-refractivity contribution in [1.82, 2.24) is 10.3 Å². The number of ketones is 1. The first-order valence-electron chi connectivity index (χ1n) is 7.25. The van der Waals surface area contributed by atoms with Crippen molar-refractivity contribution in [2.75, 3.05) is 7.11 Å². The van der Waals surface area contributed by atoms with Gasteiger partial charge < -0.3 is 14.8 Å². The van der Waals surface area contributed by atoms with Gasteiger partial charge in [-0.15, -0.1) is 0 Å². The van der Waals surface area contributed by atoms with E-state index in [1.165, 1.54) is 14.0 Å². The van der Waals surface area contributed by atoms with Crippen LogP contribution in [0.1, 0.15) is 30.1 Å². The Morgan fingerprint density at radius 1 is 1.22 bits per heavy atom. The fourth-order valence-electron chi connectivity index (χ4n) is 2.26. The standard InChI is InChI=1S/C17H18N2O4/c1-11(20)8-9-14(17(22)23-2)19-16(21)13-7-3-5-12-6-4-10-18-15(12)13/h3-7,10,14H,8-9H2,1-2H3,(H,19,21)/t14-/m0/s1. The number of hydrogen-bond acceptors (Lipinski definition) is 5. The second-order valence-electron chi connectivity index (χ2n) is 5.17. The number of ether oxygens (including phenoxy) is 1. The van der Waals surface area contributed by atoms with Crippen LogP contribution in [0.15, 0.2) is 36.5 Å². The van der Waals surface area contributed by atoms with Gasteiger partial charge in [0.15, 0.2) is 0 Å². The Bertz CT molecular complexity index is 737. The molecule has 0 unspecified atom stereocenters. The molecule has 0 fully saturated rings. The molecule has 1 aromatic heterocycles. The second kappa shape index (κ2) is 7.49. The maximum Gasteiger partial charge on any atom is 0.328 e. The first-order valence-corrected chi connectivity index (χ1v) is 7.25. The number of pyridine rings is 1. The molecule has 120 valence electrons. The molecule has 1 atom stereocenters. The van der Waals surface area contributed by atoms with Crippen molar-refractivity contribution < 1.29 is 19.1 Å². The normalized spacial score (nSPS) is 11.7. The summed E-state index contributed by atoms with van der Waals surface area (Å²) in [5.74, 6) is -1.05. The Balaban J connectivity index is 2.23. The van der Waals surface area contributed by atoms with Crippen molar-refractivity contribution in [3.8, 4) is 0 Å². The molecule has 2 aromatic rings. The lowest BCUT2D eigenvalue weighted by Gasteiger charge is -2.16. The summed E-state index contributed by atoms with van der Waals surface area (Å²) in [6.45, 7) is 1.44. The van der Waals surface area contributed by atoms with Gasteiger partial charge in [0.1, 0.15) is 11.8 Å². The SMILES string of the molecule is COC(=O)[C@H](CCC(C)=O)NC(=O)c1cccc2cccnc12. The quantitative estimate of drug-likeness (QED) is 0.823. The molecule has 1 N–H and O–H groups in total. The van der Waals surface area contributed by atoms with E-state index < -0.39 is 17.9 Å². The molecule has 1 heterocycles. The molecule has 0 saturated carbocycles. The average Bonchev–Trinajstić information content (AvgIpc) is 2.56. The van der Waals surface area contributed by atoms with Gasteiger partial charge in [-0.2, -0.15) is 0 Å². The van der Waals surface area contributed by atoms with Gasteiger partial charge in [-0.05, 0) is 25.5 Å². The van der Waals surface area contributed by atoms with E-state index in [1.54, 1.807) is 24.4 Å². The molecule has 0 bridgehead atoms. The maximum atomic E-state index is 12.5. The monoisotopic (exact) mass is 314 g/mol. The van der Waals surface area contributed by atoms with E-state index in [9.17, 15) is 14.4 Å². The molecule has 0 spiro atoms. The summed E-state index contributed by atoms with van der Waals surface area (Å²) in [6.07, 6.45) is 1.99. The van der Waals surface area contributed by atoms with E-state index in [-0.39, 0.29) is 18.6 Å². The van der Waals surface area contributed by atoms with Crippen LogP contribution >= 0.6 is 0 Å². The highest BCUT2D eigenvalue weighted by molar-refractivity contribution is 6.06. The fraction of sp³-hybridized carbons (Fsp3) is 0.294. The molecule has 0 aliphatic heterocycles. The molecule has 1 amide bonds. The lowest BCUT2D eigenvalue weighted by molar-refractivity contribution is -0.143. The summed E-state index contributed by atoms with van der Waals surface area (Å²) in [5.41, 5.74) is 0.933. The minimum atomic E-state index is -0.865. The molecule has 0 aliphatic carbocycles. The van der Waals surface area contributed by atoms with Crippen LogP contribution in [-0.4, -0.2) is 35.8 Å². The summed E-state index contributed by atoms with van der Waals surface area (Å²) < 4.78 is 4.69. The summed E-state index contributed by atoms with van der Waals surface area (Å²) >= 11 is 0. The lowest BCUT2D eigenvalue weighted by atomic mass is 10.1. The van der Waals surface area contributed by atoms with Crippen molar-refractivity contribution in [2.45, 2.75) is 25.8 Å². The van der Waals surface area contributed by atoms with Crippen molar-refractivity contribution in [3.63, 3.8) is 0 Å². The number of nitrogens with one attached hydrogen (secondary N) is 1. The zero-order valence-corrected chi connectivity index (χ0v) is 13.0. The van der Waals surface area contributed by atoms with Gasteiger partial charge in [-0.1, -0.05) is 18.2 Å². The van der Waals surface area contributed by atoms with Crippen molar-refractivity contribution in [1.29, 1.82) is 0 Å². The number of esters is 1. The first kappa shape index (κ1) is 16.6. The number of para-hydroxylation sites is 1. The van der Waals surface area contributed by atoms with Gasteiger partial charge in [-0.25, -0.2) is 4.79 Å². The molecule has 2 rings (SSSR count). The van der Waals surface area contributed by atoms with E-state index in [1.807, 2.05) is 12.1 Å². The zero-order chi connectivity index (χ0) is 16.8. The van der Waals surface area contributed by atoms with E-state index in [0.29, 0.717) is 11.1 Å². The van der Waals surface area contributed by atoms with Crippen LogP contribution in [0.3, 0.4) is 0 Å². The Hall–Kier alpha value is -2.76. The minimum Gasteiger partial charge on any atom is -0.467 e. The van der Waals surface area contributed by atoms with E-state index in [2.05, 4.69) is 15.0 Å². The molecule has 1 aromatic carbocycles. The highest BCUT2D eigenvalue weighted by atomic mass is 16.5. The van der Waals surface area contributed by atoms with Gasteiger partial charge >= 0.3 is 5.97 Å². The number of nitrogens with zero attached hydrogens (tertiary/aromatic N) is 1. The van der Waals surface area contributed by atoms with Crippen LogP contribution in [0.25, 0.3) is 10.9 Å². The molecular formula is C17H18N2O4. The predicted octanol–water partition coefficient (Wildman–Crippen LogP) is 1.88. The largest absolute Gasteiger partial charge is 0.467 e. The Morgan fingerprint density at radius 3 is 2.65 bits per heavy atom. The Morgan fingerprint density at radius 2 is 1.96 bits per heavy atom. The van der Waals surface area contributed by atoms with Gasteiger partial charge in [0.25, 0.3) is 5.91 Å². The van der Waals surface area contributed by atoms with Crippen LogP contribution in [0.4, 0.5) is 0 Å². The van der Waals surface area contributed by atoms with Gasteiger partial charge in [0.2, 0.25) is 0 Å². The second-order valence-corrected chi connectivity index (χ2v) is 5.17. The number of benzene rings is 1. The van der Waals surface area contributed by atoms with Crippen molar-refractivity contribution in [2.24, 2.45) is 0 Å². The lowest BCUT2D eigenvalue weighted by Crippen LogP contribution is -2.41. The third-order valence-electron chi connectivity index (χ3n) is 3.45.